The SMILES string of the molecule is CCCCCCCC/C=C\CCCCCCCCCC(O)(O)COC=O. The van der Waals surface area contributed by atoms with Gasteiger partial charge in [0.1, 0.15) is 6.61 Å². The smallest absolute Gasteiger partial charge is 0.293 e. The quantitative estimate of drug-likeness (QED) is 0.126. The number of allylic oxidation sites excluding steroid dienone is 2. The van der Waals surface area contributed by atoms with Crippen LogP contribution in [0.2, 0.25) is 0 Å². The van der Waals surface area contributed by atoms with Gasteiger partial charge in [-0.1, -0.05) is 83.3 Å². The normalized spacial score (nSPS) is 12.0. The van der Waals surface area contributed by atoms with Crippen LogP contribution in [0.4, 0.5) is 0 Å². The van der Waals surface area contributed by atoms with Gasteiger partial charge in [0.2, 0.25) is 0 Å². The van der Waals surface area contributed by atoms with Crippen molar-refractivity contribution in [2.75, 3.05) is 6.61 Å². The average Bonchev–Trinajstić information content (AvgIpc) is 2.62. The summed E-state index contributed by atoms with van der Waals surface area (Å²) in [4.78, 5) is 10.0. The molecule has 4 heteroatoms. The predicted molar refractivity (Wildman–Crippen MR) is 108 cm³/mol. The first-order valence-corrected chi connectivity index (χ1v) is 10.8. The summed E-state index contributed by atoms with van der Waals surface area (Å²) in [5.41, 5.74) is 0. The molecule has 0 rings (SSSR count). The van der Waals surface area contributed by atoms with Crippen LogP contribution >= 0.6 is 0 Å². The van der Waals surface area contributed by atoms with Gasteiger partial charge in [0.05, 0.1) is 0 Å². The molecule has 0 aromatic carbocycles. The molecule has 0 saturated carbocycles. The minimum Gasteiger partial charge on any atom is -0.462 e. The van der Waals surface area contributed by atoms with Gasteiger partial charge in [-0.3, -0.25) is 4.79 Å². The van der Waals surface area contributed by atoms with Crippen LogP contribution in [0.15, 0.2) is 12.2 Å². The Kier molecular flexibility index (Phi) is 18.3. The fourth-order valence-corrected chi connectivity index (χ4v) is 3.07. The van der Waals surface area contributed by atoms with E-state index >= 15 is 0 Å². The lowest BCUT2D eigenvalue weighted by Gasteiger charge is -2.19. The van der Waals surface area contributed by atoms with Crippen LogP contribution in [0.3, 0.4) is 0 Å². The zero-order chi connectivity index (χ0) is 19.3. The van der Waals surface area contributed by atoms with E-state index in [9.17, 15) is 15.0 Å². The molecule has 0 aromatic rings. The maximum atomic E-state index is 10.0. The third-order valence-electron chi connectivity index (χ3n) is 4.72. The average molecular weight is 371 g/mol. The number of hydrogen-bond donors (Lipinski definition) is 2. The van der Waals surface area contributed by atoms with E-state index in [2.05, 4.69) is 23.8 Å². The largest absolute Gasteiger partial charge is 0.462 e. The number of rotatable bonds is 20. The Morgan fingerprint density at radius 2 is 1.19 bits per heavy atom. The first-order chi connectivity index (χ1) is 12.6. The van der Waals surface area contributed by atoms with Crippen molar-refractivity contribution in [1.82, 2.24) is 0 Å². The maximum absolute atomic E-state index is 10.0. The minimum atomic E-state index is -1.87. The lowest BCUT2D eigenvalue weighted by molar-refractivity contribution is -0.200. The fourth-order valence-electron chi connectivity index (χ4n) is 3.07. The zero-order valence-corrected chi connectivity index (χ0v) is 17.0. The maximum Gasteiger partial charge on any atom is 0.293 e. The lowest BCUT2D eigenvalue weighted by Crippen LogP contribution is -2.33. The van der Waals surface area contributed by atoms with Crippen molar-refractivity contribution in [1.29, 1.82) is 0 Å². The van der Waals surface area contributed by atoms with Crippen LogP contribution < -0.4 is 0 Å². The molecule has 0 aromatic heterocycles. The van der Waals surface area contributed by atoms with E-state index in [0.717, 1.165) is 19.3 Å². The van der Waals surface area contributed by atoms with Gasteiger partial charge in [-0.15, -0.1) is 0 Å². The monoisotopic (exact) mass is 370 g/mol. The molecule has 154 valence electrons. The summed E-state index contributed by atoms with van der Waals surface area (Å²) in [6.45, 7) is 2.16. The molecule has 0 amide bonds. The van der Waals surface area contributed by atoms with E-state index in [-0.39, 0.29) is 19.5 Å². The highest BCUT2D eigenvalue weighted by molar-refractivity contribution is 5.36. The Hall–Kier alpha value is -0.870. The lowest BCUT2D eigenvalue weighted by atomic mass is 10.0. The van der Waals surface area contributed by atoms with Gasteiger partial charge in [0.25, 0.3) is 6.47 Å². The number of hydrogen-bond acceptors (Lipinski definition) is 4. The molecule has 0 fully saturated rings. The summed E-state index contributed by atoms with van der Waals surface area (Å²) in [5.74, 6) is -1.87. The van der Waals surface area contributed by atoms with Crippen molar-refractivity contribution in [3.63, 3.8) is 0 Å². The van der Waals surface area contributed by atoms with Crippen LogP contribution in [-0.4, -0.2) is 29.1 Å². The molecular weight excluding hydrogens is 328 g/mol. The number of unbranched alkanes of at least 4 members (excludes halogenated alkanes) is 13. The molecule has 26 heavy (non-hydrogen) atoms. The third kappa shape index (κ3) is 19.5. The summed E-state index contributed by atoms with van der Waals surface area (Å²) < 4.78 is 4.40. The summed E-state index contributed by atoms with van der Waals surface area (Å²) in [5, 5.41) is 19.1. The van der Waals surface area contributed by atoms with Crippen LogP contribution in [0.25, 0.3) is 0 Å². The van der Waals surface area contributed by atoms with Crippen LogP contribution in [0, 0.1) is 0 Å². The van der Waals surface area contributed by atoms with Crippen molar-refractivity contribution in [2.45, 2.75) is 115 Å². The van der Waals surface area contributed by atoms with Crippen LogP contribution in [-0.2, 0) is 9.53 Å². The highest BCUT2D eigenvalue weighted by atomic mass is 16.6. The Morgan fingerprint density at radius 3 is 1.69 bits per heavy atom. The molecule has 0 saturated heterocycles. The second-order valence-electron chi connectivity index (χ2n) is 7.43. The molecule has 0 aliphatic heterocycles. The summed E-state index contributed by atoms with van der Waals surface area (Å²) in [6.07, 6.45) is 23.5. The summed E-state index contributed by atoms with van der Waals surface area (Å²) >= 11 is 0. The van der Waals surface area contributed by atoms with Gasteiger partial charge in [-0.25, -0.2) is 0 Å². The van der Waals surface area contributed by atoms with E-state index in [4.69, 9.17) is 0 Å². The summed E-state index contributed by atoms with van der Waals surface area (Å²) in [7, 11) is 0. The van der Waals surface area contributed by atoms with Gasteiger partial charge in [0, 0.05) is 6.42 Å². The van der Waals surface area contributed by atoms with Gasteiger partial charge in [-0.05, 0) is 32.1 Å². The van der Waals surface area contributed by atoms with Crippen molar-refractivity contribution in [3.05, 3.63) is 12.2 Å². The van der Waals surface area contributed by atoms with Gasteiger partial charge in [-0.2, -0.15) is 0 Å². The molecule has 0 unspecified atom stereocenters. The first kappa shape index (κ1) is 25.1. The second kappa shape index (κ2) is 18.9. The molecule has 0 aliphatic rings. The molecule has 0 aliphatic carbocycles. The molecule has 4 nitrogen and oxygen atoms in total. The Morgan fingerprint density at radius 1 is 0.731 bits per heavy atom. The van der Waals surface area contributed by atoms with Crippen molar-refractivity contribution in [3.8, 4) is 0 Å². The molecule has 0 bridgehead atoms. The first-order valence-electron chi connectivity index (χ1n) is 10.8. The molecule has 2 N–H and O–H groups in total. The number of ether oxygens (including phenoxy) is 1. The van der Waals surface area contributed by atoms with E-state index in [0.29, 0.717) is 0 Å². The minimum absolute atomic E-state index is 0.241. The summed E-state index contributed by atoms with van der Waals surface area (Å²) in [6, 6.07) is 0. The Labute approximate surface area is 161 Å². The van der Waals surface area contributed by atoms with Gasteiger partial charge >= 0.3 is 0 Å². The van der Waals surface area contributed by atoms with Crippen molar-refractivity contribution >= 4 is 6.47 Å². The van der Waals surface area contributed by atoms with Crippen molar-refractivity contribution < 1.29 is 19.7 Å². The Balaban J connectivity index is 3.24. The van der Waals surface area contributed by atoms with Crippen LogP contribution in [0.5, 0.6) is 0 Å². The molecule has 0 heterocycles. The van der Waals surface area contributed by atoms with Gasteiger partial charge < -0.3 is 14.9 Å². The number of carbonyl (C=O) groups excluding carboxylic acids is 1. The number of aliphatic hydroxyl groups is 2. The standard InChI is InChI=1S/C22H42O4/c1-2-3-4-5-6-7-8-9-10-11-12-13-14-15-16-17-18-19-22(24,25)20-26-21-23/h9-10,21,24-25H,2-8,11-20H2,1H3/b10-9-. The zero-order valence-electron chi connectivity index (χ0n) is 17.0. The molecule has 0 atom stereocenters. The van der Waals surface area contributed by atoms with E-state index in [1.165, 1.54) is 77.0 Å². The van der Waals surface area contributed by atoms with E-state index < -0.39 is 5.79 Å². The second-order valence-corrected chi connectivity index (χ2v) is 7.43. The highest BCUT2D eigenvalue weighted by Gasteiger charge is 2.22. The van der Waals surface area contributed by atoms with Gasteiger partial charge in [0.15, 0.2) is 5.79 Å². The number of carbonyl (C=O) groups is 1. The van der Waals surface area contributed by atoms with Crippen LogP contribution in [0.1, 0.15) is 110 Å². The molecule has 0 radical (unpaired) electrons. The van der Waals surface area contributed by atoms with E-state index in [1.54, 1.807) is 0 Å². The van der Waals surface area contributed by atoms with E-state index in [1.807, 2.05) is 0 Å². The highest BCUT2D eigenvalue weighted by Crippen LogP contribution is 2.15. The molecule has 0 spiro atoms. The van der Waals surface area contributed by atoms with Crippen molar-refractivity contribution in [2.24, 2.45) is 0 Å². The molecular formula is C22H42O4. The Bertz CT molecular complexity index is 326. The predicted octanol–water partition coefficient (Wildman–Crippen LogP) is 5.66. The third-order valence-corrected chi connectivity index (χ3v) is 4.72. The topological polar surface area (TPSA) is 66.8 Å². The fraction of sp³-hybridized carbons (Fsp3) is 0.864.